The lowest BCUT2D eigenvalue weighted by molar-refractivity contribution is 0.0992. The molecule has 0 spiro atoms. The third-order valence-corrected chi connectivity index (χ3v) is 3.27. The zero-order chi connectivity index (χ0) is 12.3. The summed E-state index contributed by atoms with van der Waals surface area (Å²) in [5.74, 6) is 0.0329. The first-order chi connectivity index (χ1) is 8.16. The van der Waals surface area contributed by atoms with Gasteiger partial charge in [-0.2, -0.15) is 0 Å². The number of carbonyl (C=O) groups excluding carboxylic acids is 1. The van der Waals surface area contributed by atoms with Crippen molar-refractivity contribution in [2.75, 3.05) is 0 Å². The van der Waals surface area contributed by atoms with Crippen LogP contribution in [0.2, 0.25) is 5.02 Å². The molecule has 0 fully saturated rings. The van der Waals surface area contributed by atoms with Crippen LogP contribution in [0.15, 0.2) is 47.2 Å². The van der Waals surface area contributed by atoms with E-state index in [1.54, 1.807) is 30.6 Å². The van der Waals surface area contributed by atoms with E-state index < -0.39 is 0 Å². The Bertz CT molecular complexity index is 542. The number of Topliss-reactive ketones (excluding diaryl/α,β-unsaturated/α-hetero) is 1. The number of nitrogens with zero attached hydrogens (tertiary/aromatic N) is 1. The Hall–Kier alpha value is -1.19. The van der Waals surface area contributed by atoms with Gasteiger partial charge in [0.1, 0.15) is 0 Å². The molecule has 0 aliphatic rings. The predicted octanol–water partition coefficient (Wildman–Crippen LogP) is 3.92. The van der Waals surface area contributed by atoms with Gasteiger partial charge in [0.05, 0.1) is 0 Å². The Labute approximate surface area is 113 Å². The topological polar surface area (TPSA) is 30.0 Å². The molecule has 1 aromatic carbocycles. The third kappa shape index (κ3) is 3.14. The van der Waals surface area contributed by atoms with Gasteiger partial charge < -0.3 is 0 Å². The van der Waals surface area contributed by atoms with E-state index in [1.165, 1.54) is 0 Å². The van der Waals surface area contributed by atoms with Crippen molar-refractivity contribution in [2.24, 2.45) is 0 Å². The molecule has 17 heavy (non-hydrogen) atoms. The molecule has 0 aliphatic heterocycles. The van der Waals surface area contributed by atoms with Crippen LogP contribution < -0.4 is 0 Å². The highest BCUT2D eigenvalue weighted by Crippen LogP contribution is 2.22. The average molecular weight is 311 g/mol. The number of benzene rings is 1. The summed E-state index contributed by atoms with van der Waals surface area (Å²) in [6, 6.07) is 8.86. The van der Waals surface area contributed by atoms with Crippen LogP contribution in [0, 0.1) is 0 Å². The molecule has 2 rings (SSSR count). The van der Waals surface area contributed by atoms with Gasteiger partial charge in [0.2, 0.25) is 0 Å². The zero-order valence-electron chi connectivity index (χ0n) is 8.86. The van der Waals surface area contributed by atoms with E-state index in [2.05, 4.69) is 20.9 Å². The Morgan fingerprint density at radius 2 is 1.94 bits per heavy atom. The molecule has 0 saturated carbocycles. The Kier molecular flexibility index (Phi) is 3.92. The van der Waals surface area contributed by atoms with E-state index in [1.807, 2.05) is 12.1 Å². The van der Waals surface area contributed by atoms with Crippen molar-refractivity contribution in [3.63, 3.8) is 0 Å². The van der Waals surface area contributed by atoms with Gasteiger partial charge in [-0.05, 0) is 35.9 Å². The van der Waals surface area contributed by atoms with Crippen molar-refractivity contribution < 1.29 is 4.79 Å². The van der Waals surface area contributed by atoms with Crippen molar-refractivity contribution in [3.05, 3.63) is 63.3 Å². The second-order valence-electron chi connectivity index (χ2n) is 3.58. The SMILES string of the molecule is O=C(Cc1ccncc1)c1cc(Cl)ccc1Br. The molecule has 1 aromatic heterocycles. The molecule has 86 valence electrons. The number of aromatic nitrogens is 1. The van der Waals surface area contributed by atoms with Gasteiger partial charge in [-0.25, -0.2) is 0 Å². The van der Waals surface area contributed by atoms with Crippen LogP contribution in [-0.4, -0.2) is 10.8 Å². The molecular weight excluding hydrogens is 302 g/mol. The standard InChI is InChI=1S/C13H9BrClNO/c14-12-2-1-10(15)8-11(12)13(17)7-9-3-5-16-6-4-9/h1-6,8H,7H2. The molecule has 0 bridgehead atoms. The molecule has 0 aliphatic carbocycles. The maximum absolute atomic E-state index is 12.1. The minimum absolute atomic E-state index is 0.0329. The first-order valence-electron chi connectivity index (χ1n) is 5.04. The summed E-state index contributed by atoms with van der Waals surface area (Å²) in [5.41, 5.74) is 1.55. The molecular formula is C13H9BrClNO. The number of ketones is 1. The summed E-state index contributed by atoms with van der Waals surface area (Å²) in [4.78, 5) is 16.0. The van der Waals surface area contributed by atoms with Gasteiger partial charge in [-0.15, -0.1) is 0 Å². The summed E-state index contributed by atoms with van der Waals surface area (Å²) >= 11 is 9.23. The van der Waals surface area contributed by atoms with Crippen molar-refractivity contribution in [1.82, 2.24) is 4.98 Å². The van der Waals surface area contributed by atoms with Gasteiger partial charge in [-0.3, -0.25) is 9.78 Å². The van der Waals surface area contributed by atoms with E-state index >= 15 is 0 Å². The molecule has 0 unspecified atom stereocenters. The molecule has 0 saturated heterocycles. The predicted molar refractivity (Wildman–Crippen MR) is 71.4 cm³/mol. The molecule has 0 atom stereocenters. The third-order valence-electron chi connectivity index (χ3n) is 2.34. The monoisotopic (exact) mass is 309 g/mol. The molecule has 2 nitrogen and oxygen atoms in total. The van der Waals surface area contributed by atoms with Crippen molar-refractivity contribution in [1.29, 1.82) is 0 Å². The number of rotatable bonds is 3. The van der Waals surface area contributed by atoms with E-state index in [-0.39, 0.29) is 5.78 Å². The molecule has 0 N–H and O–H groups in total. The fourth-order valence-corrected chi connectivity index (χ4v) is 2.13. The summed E-state index contributed by atoms with van der Waals surface area (Å²) < 4.78 is 0.765. The Balaban J connectivity index is 2.23. The minimum atomic E-state index is 0.0329. The Morgan fingerprint density at radius 1 is 1.24 bits per heavy atom. The first kappa shape index (κ1) is 12.3. The van der Waals surface area contributed by atoms with E-state index in [0.717, 1.165) is 10.0 Å². The maximum Gasteiger partial charge on any atom is 0.168 e. The van der Waals surface area contributed by atoms with Crippen LogP contribution in [0.4, 0.5) is 0 Å². The van der Waals surface area contributed by atoms with Crippen LogP contribution in [0.3, 0.4) is 0 Å². The van der Waals surface area contributed by atoms with Gasteiger partial charge in [0.15, 0.2) is 5.78 Å². The van der Waals surface area contributed by atoms with Gasteiger partial charge in [0, 0.05) is 33.9 Å². The summed E-state index contributed by atoms with van der Waals surface area (Å²) in [6.45, 7) is 0. The second-order valence-corrected chi connectivity index (χ2v) is 4.87. The van der Waals surface area contributed by atoms with Crippen LogP contribution in [-0.2, 0) is 6.42 Å². The first-order valence-corrected chi connectivity index (χ1v) is 6.21. The maximum atomic E-state index is 12.1. The van der Waals surface area contributed by atoms with Crippen molar-refractivity contribution in [2.45, 2.75) is 6.42 Å². The van der Waals surface area contributed by atoms with E-state index in [0.29, 0.717) is 17.0 Å². The largest absolute Gasteiger partial charge is 0.294 e. The highest BCUT2D eigenvalue weighted by atomic mass is 79.9. The van der Waals surface area contributed by atoms with Crippen LogP contribution in [0.25, 0.3) is 0 Å². The average Bonchev–Trinajstić information content (AvgIpc) is 2.33. The lowest BCUT2D eigenvalue weighted by Crippen LogP contribution is -2.04. The Morgan fingerprint density at radius 3 is 2.65 bits per heavy atom. The lowest BCUT2D eigenvalue weighted by Gasteiger charge is -2.04. The van der Waals surface area contributed by atoms with Gasteiger partial charge in [0.25, 0.3) is 0 Å². The summed E-state index contributed by atoms with van der Waals surface area (Å²) in [7, 11) is 0. The molecule has 4 heteroatoms. The summed E-state index contributed by atoms with van der Waals surface area (Å²) in [5, 5.41) is 0.561. The highest BCUT2D eigenvalue weighted by molar-refractivity contribution is 9.10. The zero-order valence-corrected chi connectivity index (χ0v) is 11.2. The normalized spacial score (nSPS) is 10.2. The van der Waals surface area contributed by atoms with E-state index in [4.69, 9.17) is 11.6 Å². The highest BCUT2D eigenvalue weighted by Gasteiger charge is 2.11. The number of hydrogen-bond acceptors (Lipinski definition) is 2. The number of hydrogen-bond donors (Lipinski definition) is 0. The molecule has 0 radical (unpaired) electrons. The second kappa shape index (κ2) is 5.43. The fourth-order valence-electron chi connectivity index (χ4n) is 1.49. The smallest absolute Gasteiger partial charge is 0.168 e. The van der Waals surface area contributed by atoms with Crippen LogP contribution >= 0.6 is 27.5 Å². The van der Waals surface area contributed by atoms with Gasteiger partial charge in [-0.1, -0.05) is 27.5 Å². The lowest BCUT2D eigenvalue weighted by atomic mass is 10.0. The molecule has 0 amide bonds. The number of carbonyl (C=O) groups is 1. The minimum Gasteiger partial charge on any atom is -0.294 e. The molecule has 1 heterocycles. The van der Waals surface area contributed by atoms with Gasteiger partial charge >= 0.3 is 0 Å². The molecule has 2 aromatic rings. The fraction of sp³-hybridized carbons (Fsp3) is 0.0769. The van der Waals surface area contributed by atoms with Crippen molar-refractivity contribution in [3.8, 4) is 0 Å². The summed E-state index contributed by atoms with van der Waals surface area (Å²) in [6.07, 6.45) is 3.70. The van der Waals surface area contributed by atoms with Crippen molar-refractivity contribution >= 4 is 33.3 Å². The van der Waals surface area contributed by atoms with E-state index in [9.17, 15) is 4.79 Å². The quantitative estimate of drug-likeness (QED) is 0.804. The number of pyridine rings is 1. The van der Waals surface area contributed by atoms with Crippen LogP contribution in [0.1, 0.15) is 15.9 Å². The van der Waals surface area contributed by atoms with Crippen LogP contribution in [0.5, 0.6) is 0 Å². The number of halogens is 2.